The lowest BCUT2D eigenvalue weighted by Gasteiger charge is -2.08. The summed E-state index contributed by atoms with van der Waals surface area (Å²) in [4.78, 5) is 32.1. The van der Waals surface area contributed by atoms with Gasteiger partial charge in [-0.25, -0.2) is 4.98 Å². The number of thioether (sulfide) groups is 1. The van der Waals surface area contributed by atoms with Crippen molar-refractivity contribution in [3.8, 4) is 11.4 Å². The SMILES string of the molecule is CSc1ccc([N+](=O)[O-])c(C(=O)Nc2cccc(-c3nc4ccccc4[nH]3)c2)c1. The van der Waals surface area contributed by atoms with E-state index in [9.17, 15) is 14.9 Å². The number of aromatic amines is 1. The zero-order chi connectivity index (χ0) is 20.4. The molecule has 0 spiro atoms. The second-order valence-corrected chi connectivity index (χ2v) is 7.16. The van der Waals surface area contributed by atoms with E-state index in [0.717, 1.165) is 21.5 Å². The molecular formula is C21H16N4O3S. The topological polar surface area (TPSA) is 101 Å². The van der Waals surface area contributed by atoms with Gasteiger partial charge in [0.1, 0.15) is 11.4 Å². The van der Waals surface area contributed by atoms with E-state index in [2.05, 4.69) is 15.3 Å². The summed E-state index contributed by atoms with van der Waals surface area (Å²) in [5.41, 5.74) is 2.88. The smallest absolute Gasteiger partial charge is 0.282 e. The molecule has 0 radical (unpaired) electrons. The highest BCUT2D eigenvalue weighted by Gasteiger charge is 2.21. The van der Waals surface area contributed by atoms with Crippen LogP contribution in [0.5, 0.6) is 0 Å². The fourth-order valence-corrected chi connectivity index (χ4v) is 3.46. The Kier molecular flexibility index (Phi) is 5.01. The van der Waals surface area contributed by atoms with E-state index in [1.165, 1.54) is 23.9 Å². The van der Waals surface area contributed by atoms with Crippen LogP contribution in [-0.2, 0) is 0 Å². The number of aromatic nitrogens is 2. The van der Waals surface area contributed by atoms with Gasteiger partial charge in [-0.1, -0.05) is 24.3 Å². The van der Waals surface area contributed by atoms with Gasteiger partial charge in [0.25, 0.3) is 11.6 Å². The number of imidazole rings is 1. The zero-order valence-electron chi connectivity index (χ0n) is 15.4. The number of para-hydroxylation sites is 2. The van der Waals surface area contributed by atoms with Crippen molar-refractivity contribution in [1.82, 2.24) is 9.97 Å². The van der Waals surface area contributed by atoms with E-state index in [4.69, 9.17) is 0 Å². The fraction of sp³-hybridized carbons (Fsp3) is 0.0476. The van der Waals surface area contributed by atoms with Gasteiger partial charge in [0.05, 0.1) is 16.0 Å². The van der Waals surface area contributed by atoms with Crippen molar-refractivity contribution in [3.63, 3.8) is 0 Å². The van der Waals surface area contributed by atoms with E-state index in [-0.39, 0.29) is 11.3 Å². The summed E-state index contributed by atoms with van der Waals surface area (Å²) in [6.45, 7) is 0. The molecule has 4 rings (SSSR count). The molecule has 3 aromatic carbocycles. The lowest BCUT2D eigenvalue weighted by molar-refractivity contribution is -0.385. The van der Waals surface area contributed by atoms with Gasteiger partial charge in [0.2, 0.25) is 0 Å². The van der Waals surface area contributed by atoms with Crippen LogP contribution in [0.25, 0.3) is 22.4 Å². The molecule has 0 bridgehead atoms. The molecule has 1 amide bonds. The number of fused-ring (bicyclic) bond motifs is 1. The molecule has 1 heterocycles. The average molecular weight is 404 g/mol. The summed E-state index contributed by atoms with van der Waals surface area (Å²) in [5.74, 6) is 0.145. The Balaban J connectivity index is 1.64. The zero-order valence-corrected chi connectivity index (χ0v) is 16.2. The van der Waals surface area contributed by atoms with E-state index >= 15 is 0 Å². The van der Waals surface area contributed by atoms with Crippen LogP contribution in [-0.4, -0.2) is 27.1 Å². The minimum Gasteiger partial charge on any atom is -0.338 e. The maximum atomic E-state index is 12.7. The fourth-order valence-electron chi connectivity index (χ4n) is 3.02. The summed E-state index contributed by atoms with van der Waals surface area (Å²) < 4.78 is 0. The number of rotatable bonds is 5. The van der Waals surface area contributed by atoms with E-state index in [1.54, 1.807) is 24.3 Å². The molecule has 0 aliphatic carbocycles. The normalized spacial score (nSPS) is 10.8. The van der Waals surface area contributed by atoms with Crippen molar-refractivity contribution in [1.29, 1.82) is 0 Å². The molecule has 29 heavy (non-hydrogen) atoms. The van der Waals surface area contributed by atoms with Crippen LogP contribution in [0.4, 0.5) is 11.4 Å². The molecule has 0 saturated carbocycles. The van der Waals surface area contributed by atoms with Crippen molar-refractivity contribution in [3.05, 3.63) is 82.4 Å². The summed E-state index contributed by atoms with van der Waals surface area (Å²) >= 11 is 1.41. The third-order valence-electron chi connectivity index (χ3n) is 4.43. The summed E-state index contributed by atoms with van der Waals surface area (Å²) in [5, 5.41) is 14.1. The molecule has 0 aliphatic rings. The maximum absolute atomic E-state index is 12.7. The summed E-state index contributed by atoms with van der Waals surface area (Å²) in [6.07, 6.45) is 1.85. The first-order chi connectivity index (χ1) is 14.0. The number of amides is 1. The number of benzene rings is 3. The van der Waals surface area contributed by atoms with Gasteiger partial charge in [-0.15, -0.1) is 11.8 Å². The number of H-pyrrole nitrogens is 1. The summed E-state index contributed by atoms with van der Waals surface area (Å²) in [7, 11) is 0. The molecule has 0 unspecified atom stereocenters. The third-order valence-corrected chi connectivity index (χ3v) is 5.15. The lowest BCUT2D eigenvalue weighted by Crippen LogP contribution is -2.14. The summed E-state index contributed by atoms with van der Waals surface area (Å²) in [6, 6.07) is 19.4. The Bertz CT molecular complexity index is 1200. The van der Waals surface area contributed by atoms with E-state index in [1.807, 2.05) is 36.6 Å². The van der Waals surface area contributed by atoms with Crippen LogP contribution in [0.1, 0.15) is 10.4 Å². The quantitative estimate of drug-likeness (QED) is 0.273. The first kappa shape index (κ1) is 18.7. The molecule has 1 aromatic heterocycles. The van der Waals surface area contributed by atoms with Crippen LogP contribution >= 0.6 is 11.8 Å². The van der Waals surface area contributed by atoms with Crippen LogP contribution in [0.3, 0.4) is 0 Å². The number of hydrogen-bond donors (Lipinski definition) is 2. The highest BCUT2D eigenvalue weighted by atomic mass is 32.2. The molecule has 4 aromatic rings. The largest absolute Gasteiger partial charge is 0.338 e. The molecule has 0 aliphatic heterocycles. The molecule has 8 heteroatoms. The van der Waals surface area contributed by atoms with Crippen molar-refractivity contribution in [2.24, 2.45) is 0 Å². The predicted octanol–water partition coefficient (Wildman–Crippen LogP) is 5.11. The average Bonchev–Trinajstić information content (AvgIpc) is 3.17. The van der Waals surface area contributed by atoms with Gasteiger partial charge < -0.3 is 10.3 Å². The highest BCUT2D eigenvalue weighted by Crippen LogP contribution is 2.27. The molecular weight excluding hydrogens is 388 g/mol. The predicted molar refractivity (Wildman–Crippen MR) is 114 cm³/mol. The van der Waals surface area contributed by atoms with E-state index in [0.29, 0.717) is 11.5 Å². The minimum atomic E-state index is -0.552. The van der Waals surface area contributed by atoms with Crippen LogP contribution in [0.15, 0.2) is 71.6 Å². The first-order valence-electron chi connectivity index (χ1n) is 8.74. The van der Waals surface area contributed by atoms with Gasteiger partial charge in [-0.3, -0.25) is 14.9 Å². The van der Waals surface area contributed by atoms with Gasteiger partial charge in [-0.05, 0) is 42.7 Å². The lowest BCUT2D eigenvalue weighted by atomic mass is 10.1. The number of nitrogens with zero attached hydrogens (tertiary/aromatic N) is 2. The highest BCUT2D eigenvalue weighted by molar-refractivity contribution is 7.98. The Labute approximate surface area is 170 Å². The number of carbonyl (C=O) groups is 1. The minimum absolute atomic E-state index is 0.0241. The van der Waals surface area contributed by atoms with Gasteiger partial charge >= 0.3 is 0 Å². The molecule has 0 saturated heterocycles. The third kappa shape index (κ3) is 3.83. The number of nitrogens with one attached hydrogen (secondary N) is 2. The van der Waals surface area contributed by atoms with Gasteiger partial charge in [-0.2, -0.15) is 0 Å². The van der Waals surface area contributed by atoms with Crippen LogP contribution in [0, 0.1) is 10.1 Å². The molecule has 7 nitrogen and oxygen atoms in total. The Morgan fingerprint density at radius 3 is 2.69 bits per heavy atom. The number of anilines is 1. The van der Waals surface area contributed by atoms with Gasteiger partial charge in [0, 0.05) is 22.2 Å². The second-order valence-electron chi connectivity index (χ2n) is 6.28. The van der Waals surface area contributed by atoms with Crippen molar-refractivity contribution in [2.75, 3.05) is 11.6 Å². The molecule has 0 fully saturated rings. The van der Waals surface area contributed by atoms with Crippen molar-refractivity contribution < 1.29 is 9.72 Å². The Hall–Kier alpha value is -3.65. The first-order valence-corrected chi connectivity index (χ1v) is 9.96. The monoisotopic (exact) mass is 404 g/mol. The molecule has 144 valence electrons. The van der Waals surface area contributed by atoms with Gasteiger partial charge in [0.15, 0.2) is 0 Å². The van der Waals surface area contributed by atoms with Crippen molar-refractivity contribution >= 4 is 40.1 Å². The number of nitro groups is 1. The standard InChI is InChI=1S/C21H16N4O3S/c1-29-15-9-10-19(25(27)28)16(12-15)21(26)22-14-6-4-5-13(11-14)20-23-17-7-2-3-8-18(17)24-20/h2-12H,1H3,(H,22,26)(H,23,24). The number of carbonyl (C=O) groups excluding carboxylic acids is 1. The van der Waals surface area contributed by atoms with Crippen LogP contribution in [0.2, 0.25) is 0 Å². The maximum Gasteiger partial charge on any atom is 0.282 e. The number of nitro benzene ring substituents is 1. The Morgan fingerprint density at radius 1 is 1.10 bits per heavy atom. The van der Waals surface area contributed by atoms with Crippen molar-refractivity contribution in [2.45, 2.75) is 4.90 Å². The molecule has 2 N–H and O–H groups in total. The van der Waals surface area contributed by atoms with E-state index < -0.39 is 10.8 Å². The molecule has 0 atom stereocenters. The van der Waals surface area contributed by atoms with Crippen LogP contribution < -0.4 is 5.32 Å². The Morgan fingerprint density at radius 2 is 1.93 bits per heavy atom. The number of hydrogen-bond acceptors (Lipinski definition) is 5. The second kappa shape index (κ2) is 7.76.